The van der Waals surface area contributed by atoms with Crippen LogP contribution in [0.2, 0.25) is 0 Å². The van der Waals surface area contributed by atoms with Gasteiger partial charge in [0.25, 0.3) is 0 Å². The number of benzene rings is 1. The first-order valence-electron chi connectivity index (χ1n) is 5.64. The third-order valence-electron chi connectivity index (χ3n) is 2.90. The van der Waals surface area contributed by atoms with Crippen LogP contribution in [-0.2, 0) is 4.79 Å². The van der Waals surface area contributed by atoms with Crippen LogP contribution in [0.25, 0.3) is 0 Å². The zero-order valence-corrected chi connectivity index (χ0v) is 10.4. The summed E-state index contributed by atoms with van der Waals surface area (Å²) < 4.78 is 10.6. The van der Waals surface area contributed by atoms with Gasteiger partial charge in [-0.25, -0.2) is 4.79 Å². The van der Waals surface area contributed by atoms with Crippen molar-refractivity contribution >= 4 is 5.97 Å². The maximum Gasteiger partial charge on any atom is 0.348 e. The van der Waals surface area contributed by atoms with Crippen LogP contribution in [0.3, 0.4) is 0 Å². The summed E-state index contributed by atoms with van der Waals surface area (Å²) in [6.45, 7) is 3.61. The Morgan fingerprint density at radius 2 is 1.65 bits per heavy atom. The van der Waals surface area contributed by atoms with Crippen molar-refractivity contribution in [3.63, 3.8) is 0 Å². The maximum absolute atomic E-state index is 11.3. The molecule has 0 bridgehead atoms. The Hall–Kier alpha value is -1.71. The largest absolute Gasteiger partial charge is 0.497 e. The fraction of sp³-hybridized carbons (Fsp3) is 0.462. The Morgan fingerprint density at radius 1 is 1.18 bits per heavy atom. The van der Waals surface area contributed by atoms with Crippen molar-refractivity contribution < 1.29 is 19.4 Å². The standard InChI is InChI=1S/C13H18O4/c1-4-13(5-2,12(14)15)17-11-8-6-10(16-3)7-9-11/h6-9H,4-5H2,1-3H3,(H,14,15). The summed E-state index contributed by atoms with van der Waals surface area (Å²) in [5, 5.41) is 9.24. The molecule has 0 aliphatic carbocycles. The van der Waals surface area contributed by atoms with E-state index in [9.17, 15) is 9.90 Å². The van der Waals surface area contributed by atoms with E-state index in [-0.39, 0.29) is 0 Å². The molecule has 0 radical (unpaired) electrons. The predicted octanol–water partition coefficient (Wildman–Crippen LogP) is 2.72. The van der Waals surface area contributed by atoms with Crippen molar-refractivity contribution in [1.82, 2.24) is 0 Å². The molecule has 0 spiro atoms. The van der Waals surface area contributed by atoms with E-state index in [2.05, 4.69) is 0 Å². The molecule has 94 valence electrons. The van der Waals surface area contributed by atoms with E-state index in [1.54, 1.807) is 45.2 Å². The van der Waals surface area contributed by atoms with Crippen molar-refractivity contribution in [2.45, 2.75) is 32.3 Å². The van der Waals surface area contributed by atoms with E-state index >= 15 is 0 Å². The van der Waals surface area contributed by atoms with Crippen molar-refractivity contribution in [3.05, 3.63) is 24.3 Å². The molecule has 1 aromatic rings. The second-order valence-corrected chi connectivity index (χ2v) is 3.78. The van der Waals surface area contributed by atoms with Crippen LogP contribution in [0.15, 0.2) is 24.3 Å². The van der Waals surface area contributed by atoms with Crippen molar-refractivity contribution in [3.8, 4) is 11.5 Å². The minimum absolute atomic E-state index is 0.421. The van der Waals surface area contributed by atoms with Crippen LogP contribution in [0.4, 0.5) is 0 Å². The average molecular weight is 238 g/mol. The molecule has 1 aromatic carbocycles. The van der Waals surface area contributed by atoms with Crippen molar-refractivity contribution in [1.29, 1.82) is 0 Å². The van der Waals surface area contributed by atoms with E-state index in [1.165, 1.54) is 0 Å². The fourth-order valence-electron chi connectivity index (χ4n) is 1.61. The molecule has 4 heteroatoms. The first-order chi connectivity index (χ1) is 8.07. The number of aliphatic carboxylic acids is 1. The second kappa shape index (κ2) is 5.57. The van der Waals surface area contributed by atoms with Gasteiger partial charge >= 0.3 is 5.97 Å². The van der Waals surface area contributed by atoms with Crippen LogP contribution in [0.1, 0.15) is 26.7 Å². The first-order valence-corrected chi connectivity index (χ1v) is 5.64. The molecule has 0 aliphatic heterocycles. The molecule has 0 fully saturated rings. The maximum atomic E-state index is 11.3. The highest BCUT2D eigenvalue weighted by molar-refractivity contribution is 5.77. The molecule has 1 rings (SSSR count). The number of carbonyl (C=O) groups is 1. The fourth-order valence-corrected chi connectivity index (χ4v) is 1.61. The quantitative estimate of drug-likeness (QED) is 0.827. The molecule has 0 atom stereocenters. The van der Waals surface area contributed by atoms with Gasteiger partial charge in [-0.1, -0.05) is 13.8 Å². The monoisotopic (exact) mass is 238 g/mol. The van der Waals surface area contributed by atoms with Crippen LogP contribution in [-0.4, -0.2) is 23.8 Å². The molecule has 0 heterocycles. The van der Waals surface area contributed by atoms with Gasteiger partial charge < -0.3 is 14.6 Å². The molecule has 0 unspecified atom stereocenters. The summed E-state index contributed by atoms with van der Waals surface area (Å²) in [7, 11) is 1.58. The third-order valence-corrected chi connectivity index (χ3v) is 2.90. The van der Waals surface area contributed by atoms with Gasteiger partial charge in [-0.2, -0.15) is 0 Å². The molecule has 0 amide bonds. The highest BCUT2D eigenvalue weighted by atomic mass is 16.5. The van der Waals surface area contributed by atoms with E-state index < -0.39 is 11.6 Å². The van der Waals surface area contributed by atoms with Gasteiger partial charge in [0.1, 0.15) is 11.5 Å². The van der Waals surface area contributed by atoms with E-state index in [0.29, 0.717) is 24.3 Å². The Labute approximate surface area is 101 Å². The van der Waals surface area contributed by atoms with Gasteiger partial charge in [0, 0.05) is 0 Å². The number of methoxy groups -OCH3 is 1. The van der Waals surface area contributed by atoms with Gasteiger partial charge in [0.05, 0.1) is 7.11 Å². The molecule has 0 aliphatic rings. The molecule has 4 nitrogen and oxygen atoms in total. The molecule has 0 aromatic heterocycles. The Morgan fingerprint density at radius 3 is 2.00 bits per heavy atom. The molecule has 0 saturated carbocycles. The van der Waals surface area contributed by atoms with E-state index in [0.717, 1.165) is 0 Å². The molecular formula is C13H18O4. The average Bonchev–Trinajstić information content (AvgIpc) is 2.36. The van der Waals surface area contributed by atoms with Crippen molar-refractivity contribution in [2.24, 2.45) is 0 Å². The zero-order chi connectivity index (χ0) is 12.9. The Balaban J connectivity index is 2.89. The minimum atomic E-state index is -1.14. The molecule has 0 saturated heterocycles. The molecular weight excluding hydrogens is 220 g/mol. The SMILES string of the molecule is CCC(CC)(Oc1ccc(OC)cc1)C(=O)O. The van der Waals surface area contributed by atoms with Gasteiger partial charge in [0.2, 0.25) is 5.60 Å². The lowest BCUT2D eigenvalue weighted by Crippen LogP contribution is -2.43. The summed E-state index contributed by atoms with van der Waals surface area (Å²) >= 11 is 0. The summed E-state index contributed by atoms with van der Waals surface area (Å²) in [6, 6.07) is 6.91. The second-order valence-electron chi connectivity index (χ2n) is 3.78. The highest BCUT2D eigenvalue weighted by Gasteiger charge is 2.37. The zero-order valence-electron chi connectivity index (χ0n) is 10.4. The normalized spacial score (nSPS) is 11.0. The van der Waals surface area contributed by atoms with Gasteiger partial charge in [-0.05, 0) is 37.1 Å². The summed E-state index contributed by atoms with van der Waals surface area (Å²) in [4.78, 5) is 11.3. The first kappa shape index (κ1) is 13.4. The number of hydrogen-bond acceptors (Lipinski definition) is 3. The Kier molecular flexibility index (Phi) is 4.37. The van der Waals surface area contributed by atoms with Crippen LogP contribution < -0.4 is 9.47 Å². The smallest absolute Gasteiger partial charge is 0.348 e. The number of carboxylic acid groups (broad SMARTS) is 1. The summed E-state index contributed by atoms with van der Waals surface area (Å²) in [5.41, 5.74) is -1.14. The molecule has 1 N–H and O–H groups in total. The van der Waals surface area contributed by atoms with Gasteiger partial charge in [-0.3, -0.25) is 0 Å². The van der Waals surface area contributed by atoms with Crippen LogP contribution >= 0.6 is 0 Å². The van der Waals surface area contributed by atoms with Gasteiger partial charge in [-0.15, -0.1) is 0 Å². The predicted molar refractivity (Wildman–Crippen MR) is 64.6 cm³/mol. The van der Waals surface area contributed by atoms with E-state index in [4.69, 9.17) is 9.47 Å². The van der Waals surface area contributed by atoms with Crippen LogP contribution in [0.5, 0.6) is 11.5 Å². The highest BCUT2D eigenvalue weighted by Crippen LogP contribution is 2.26. The lowest BCUT2D eigenvalue weighted by Gasteiger charge is -2.28. The third kappa shape index (κ3) is 2.90. The van der Waals surface area contributed by atoms with E-state index in [1.807, 2.05) is 0 Å². The summed E-state index contributed by atoms with van der Waals surface area (Å²) in [5.74, 6) is 0.321. The van der Waals surface area contributed by atoms with Crippen molar-refractivity contribution in [2.75, 3.05) is 7.11 Å². The molecule has 17 heavy (non-hydrogen) atoms. The lowest BCUT2D eigenvalue weighted by molar-refractivity contribution is -0.156. The minimum Gasteiger partial charge on any atom is -0.497 e. The summed E-state index contributed by atoms with van der Waals surface area (Å²) in [6.07, 6.45) is 0.843. The number of ether oxygens (including phenoxy) is 2. The van der Waals surface area contributed by atoms with Crippen LogP contribution in [0, 0.1) is 0 Å². The number of carboxylic acids is 1. The number of hydrogen-bond donors (Lipinski definition) is 1. The topological polar surface area (TPSA) is 55.8 Å². The lowest BCUT2D eigenvalue weighted by atomic mass is 9.97. The van der Waals surface area contributed by atoms with Gasteiger partial charge in [0.15, 0.2) is 0 Å². The Bertz CT molecular complexity index is 366. The number of rotatable bonds is 6.